The number of anilines is 1. The van der Waals surface area contributed by atoms with Crippen LogP contribution in [0.3, 0.4) is 0 Å². The van der Waals surface area contributed by atoms with E-state index >= 15 is 0 Å². The molecule has 154 valence electrons. The standard InChI is InChI=1S/C18H27N5O4S/c1-19-28(24,25)22-7-4-13-5-8-23(9-6-13)18-14-10-16(26-2)17(27-3)11-15(14)20-12-21-18/h10-13,19,22H,4-9H2,1-3H3. The van der Waals surface area contributed by atoms with Gasteiger partial charge in [0.05, 0.1) is 19.7 Å². The van der Waals surface area contributed by atoms with Crippen molar-refractivity contribution in [2.24, 2.45) is 5.92 Å². The maximum Gasteiger partial charge on any atom is 0.276 e. The SMILES string of the molecule is CNS(=O)(=O)NCCC1CCN(c2ncnc3cc(OC)c(OC)cc23)CC1. The Morgan fingerprint density at radius 3 is 2.46 bits per heavy atom. The normalized spacial score (nSPS) is 15.8. The molecule has 1 aliphatic heterocycles. The molecular weight excluding hydrogens is 382 g/mol. The summed E-state index contributed by atoms with van der Waals surface area (Å²) in [6.45, 7) is 2.18. The highest BCUT2D eigenvalue weighted by atomic mass is 32.2. The fraction of sp³-hybridized carbons (Fsp3) is 0.556. The minimum Gasteiger partial charge on any atom is -0.493 e. The van der Waals surface area contributed by atoms with Gasteiger partial charge in [-0.3, -0.25) is 0 Å². The van der Waals surface area contributed by atoms with Gasteiger partial charge in [0.1, 0.15) is 12.1 Å². The van der Waals surface area contributed by atoms with Crippen LogP contribution in [0.15, 0.2) is 18.5 Å². The minimum atomic E-state index is -3.36. The number of aromatic nitrogens is 2. The fourth-order valence-corrected chi connectivity index (χ4v) is 4.06. The number of fused-ring (bicyclic) bond motifs is 1. The second kappa shape index (κ2) is 8.89. The van der Waals surface area contributed by atoms with E-state index in [0.29, 0.717) is 24.0 Å². The number of rotatable bonds is 8. The van der Waals surface area contributed by atoms with Crippen LogP contribution in [0.2, 0.25) is 0 Å². The minimum absolute atomic E-state index is 0.446. The van der Waals surface area contributed by atoms with E-state index in [4.69, 9.17) is 9.47 Å². The van der Waals surface area contributed by atoms with Gasteiger partial charge in [-0.2, -0.15) is 8.42 Å². The summed E-state index contributed by atoms with van der Waals surface area (Å²) in [5.74, 6) is 2.67. The molecule has 0 radical (unpaired) electrons. The quantitative estimate of drug-likeness (QED) is 0.677. The summed E-state index contributed by atoms with van der Waals surface area (Å²) in [5, 5.41) is 0.931. The van der Waals surface area contributed by atoms with Crippen LogP contribution in [0.5, 0.6) is 11.5 Å². The number of methoxy groups -OCH3 is 2. The van der Waals surface area contributed by atoms with E-state index in [1.807, 2.05) is 12.1 Å². The van der Waals surface area contributed by atoms with Crippen molar-refractivity contribution in [3.05, 3.63) is 18.5 Å². The zero-order valence-corrected chi connectivity index (χ0v) is 17.3. The van der Waals surface area contributed by atoms with E-state index in [1.54, 1.807) is 20.5 Å². The molecule has 0 amide bonds. The van der Waals surface area contributed by atoms with Crippen molar-refractivity contribution >= 4 is 26.9 Å². The molecule has 0 saturated carbocycles. The molecule has 3 rings (SSSR count). The number of nitrogens with zero attached hydrogens (tertiary/aromatic N) is 3. The number of ether oxygens (including phenoxy) is 2. The molecule has 0 aliphatic carbocycles. The number of hydrogen-bond acceptors (Lipinski definition) is 7. The van der Waals surface area contributed by atoms with E-state index in [-0.39, 0.29) is 0 Å². The Morgan fingerprint density at radius 1 is 1.14 bits per heavy atom. The molecule has 1 aliphatic rings. The molecule has 1 saturated heterocycles. The Kier molecular flexibility index (Phi) is 6.53. The van der Waals surface area contributed by atoms with E-state index in [0.717, 1.165) is 49.1 Å². The first-order valence-electron chi connectivity index (χ1n) is 9.27. The predicted molar refractivity (Wildman–Crippen MR) is 108 cm³/mol. The first kappa shape index (κ1) is 20.6. The highest BCUT2D eigenvalue weighted by Gasteiger charge is 2.22. The fourth-order valence-electron chi connectivity index (χ4n) is 3.52. The third-order valence-electron chi connectivity index (χ3n) is 5.15. The molecule has 9 nitrogen and oxygen atoms in total. The highest BCUT2D eigenvalue weighted by Crippen LogP contribution is 2.35. The molecule has 10 heteroatoms. The van der Waals surface area contributed by atoms with Crippen LogP contribution in [0.4, 0.5) is 5.82 Å². The van der Waals surface area contributed by atoms with Gasteiger partial charge in [0.25, 0.3) is 10.2 Å². The van der Waals surface area contributed by atoms with Crippen molar-refractivity contribution in [1.82, 2.24) is 19.4 Å². The molecule has 1 aromatic carbocycles. The molecule has 0 bridgehead atoms. The second-order valence-corrected chi connectivity index (χ2v) is 8.45. The van der Waals surface area contributed by atoms with Gasteiger partial charge in [-0.25, -0.2) is 19.4 Å². The smallest absolute Gasteiger partial charge is 0.276 e. The average Bonchev–Trinajstić information content (AvgIpc) is 2.72. The maximum atomic E-state index is 11.4. The molecule has 2 heterocycles. The summed E-state index contributed by atoms with van der Waals surface area (Å²) < 4.78 is 38.5. The summed E-state index contributed by atoms with van der Waals surface area (Å²) in [7, 11) is 1.26. The van der Waals surface area contributed by atoms with E-state index in [1.165, 1.54) is 7.05 Å². The molecular formula is C18H27N5O4S. The number of nitrogens with one attached hydrogen (secondary N) is 2. The van der Waals surface area contributed by atoms with Crippen LogP contribution < -0.4 is 23.8 Å². The number of benzene rings is 1. The van der Waals surface area contributed by atoms with Gasteiger partial charge in [-0.1, -0.05) is 0 Å². The van der Waals surface area contributed by atoms with Gasteiger partial charge < -0.3 is 14.4 Å². The topological polar surface area (TPSA) is 106 Å². The predicted octanol–water partition coefficient (Wildman–Crippen LogP) is 1.31. The Labute approximate surface area is 165 Å². The Hall–Kier alpha value is -2.17. The number of hydrogen-bond donors (Lipinski definition) is 2. The third-order valence-corrected chi connectivity index (χ3v) is 6.27. The average molecular weight is 410 g/mol. The summed E-state index contributed by atoms with van der Waals surface area (Å²) in [5.41, 5.74) is 0.811. The van der Waals surface area contributed by atoms with Crippen LogP contribution in [0, 0.1) is 5.92 Å². The zero-order valence-electron chi connectivity index (χ0n) is 16.4. The van der Waals surface area contributed by atoms with Gasteiger partial charge in [0.15, 0.2) is 11.5 Å². The van der Waals surface area contributed by atoms with Crippen molar-refractivity contribution in [3.8, 4) is 11.5 Å². The lowest BCUT2D eigenvalue weighted by molar-refractivity contribution is 0.355. The molecule has 0 spiro atoms. The lowest BCUT2D eigenvalue weighted by Gasteiger charge is -2.33. The second-order valence-electron chi connectivity index (χ2n) is 6.74. The summed E-state index contributed by atoms with van der Waals surface area (Å²) >= 11 is 0. The maximum absolute atomic E-state index is 11.4. The Bertz CT molecular complexity index is 914. The zero-order chi connectivity index (χ0) is 20.1. The Morgan fingerprint density at radius 2 is 1.82 bits per heavy atom. The van der Waals surface area contributed by atoms with Crippen molar-refractivity contribution in [2.75, 3.05) is 45.8 Å². The Balaban J connectivity index is 1.68. The highest BCUT2D eigenvalue weighted by molar-refractivity contribution is 7.87. The molecule has 1 aromatic heterocycles. The monoisotopic (exact) mass is 409 g/mol. The first-order valence-corrected chi connectivity index (χ1v) is 10.8. The van der Waals surface area contributed by atoms with E-state index in [9.17, 15) is 8.42 Å². The lowest BCUT2D eigenvalue weighted by Crippen LogP contribution is -2.38. The molecule has 2 aromatic rings. The largest absolute Gasteiger partial charge is 0.493 e. The van der Waals surface area contributed by atoms with Crippen molar-refractivity contribution in [2.45, 2.75) is 19.3 Å². The van der Waals surface area contributed by atoms with Gasteiger partial charge in [0, 0.05) is 38.1 Å². The summed E-state index contributed by atoms with van der Waals surface area (Å²) in [6.07, 6.45) is 4.37. The van der Waals surface area contributed by atoms with Gasteiger partial charge >= 0.3 is 0 Å². The third kappa shape index (κ3) is 4.62. The van der Waals surface area contributed by atoms with Crippen molar-refractivity contribution in [3.63, 3.8) is 0 Å². The lowest BCUT2D eigenvalue weighted by atomic mass is 9.93. The molecule has 0 unspecified atom stereocenters. The molecule has 0 atom stereocenters. The van der Waals surface area contributed by atoms with E-state index in [2.05, 4.69) is 24.3 Å². The van der Waals surface area contributed by atoms with Crippen molar-refractivity contribution in [1.29, 1.82) is 0 Å². The van der Waals surface area contributed by atoms with Crippen LogP contribution in [0.1, 0.15) is 19.3 Å². The van der Waals surface area contributed by atoms with Crippen molar-refractivity contribution < 1.29 is 17.9 Å². The first-order chi connectivity index (χ1) is 13.5. The van der Waals surface area contributed by atoms with E-state index < -0.39 is 10.2 Å². The van der Waals surface area contributed by atoms with Gasteiger partial charge in [-0.15, -0.1) is 0 Å². The summed E-state index contributed by atoms with van der Waals surface area (Å²) in [4.78, 5) is 11.1. The molecule has 28 heavy (non-hydrogen) atoms. The van der Waals surface area contributed by atoms with Gasteiger partial charge in [0.2, 0.25) is 0 Å². The van der Waals surface area contributed by atoms with Crippen LogP contribution in [0.25, 0.3) is 10.9 Å². The van der Waals surface area contributed by atoms with Crippen LogP contribution in [-0.4, -0.2) is 59.3 Å². The van der Waals surface area contributed by atoms with Gasteiger partial charge in [-0.05, 0) is 31.2 Å². The molecule has 2 N–H and O–H groups in total. The van der Waals surface area contributed by atoms with Crippen LogP contribution >= 0.6 is 0 Å². The number of piperidine rings is 1. The van der Waals surface area contributed by atoms with Crippen LogP contribution in [-0.2, 0) is 10.2 Å². The molecule has 1 fully saturated rings. The summed E-state index contributed by atoms with van der Waals surface area (Å²) in [6, 6.07) is 3.78.